The smallest absolute Gasteiger partial charge is 0.310 e. The maximum absolute atomic E-state index is 12.0. The molecule has 1 heterocycles. The Labute approximate surface area is 152 Å². The molecule has 26 heavy (non-hydrogen) atoms. The van der Waals surface area contributed by atoms with Gasteiger partial charge in [0.2, 0.25) is 0 Å². The van der Waals surface area contributed by atoms with Gasteiger partial charge in [-0.1, -0.05) is 31.2 Å². The number of aryl methyl sites for hydroxylation is 2. The second-order valence-electron chi connectivity index (χ2n) is 6.20. The minimum atomic E-state index is -0.467. The predicted molar refractivity (Wildman–Crippen MR) is 100 cm³/mol. The SMILES string of the molecule is CCc1cccc(NC(=O)COC(=O)Cc2coc3cc(C)ccc23)c1. The van der Waals surface area contributed by atoms with E-state index in [-0.39, 0.29) is 18.9 Å². The monoisotopic (exact) mass is 351 g/mol. The van der Waals surface area contributed by atoms with Gasteiger partial charge in [-0.05, 0) is 42.7 Å². The third-order valence-electron chi connectivity index (χ3n) is 4.13. The molecule has 0 aliphatic rings. The largest absolute Gasteiger partial charge is 0.464 e. The fourth-order valence-electron chi connectivity index (χ4n) is 2.75. The molecule has 0 fully saturated rings. The van der Waals surface area contributed by atoms with Crippen LogP contribution in [0.25, 0.3) is 11.0 Å². The van der Waals surface area contributed by atoms with Crippen LogP contribution in [0.1, 0.15) is 23.6 Å². The van der Waals surface area contributed by atoms with E-state index in [0.717, 1.165) is 34.1 Å². The minimum absolute atomic E-state index is 0.0641. The highest BCUT2D eigenvalue weighted by Gasteiger charge is 2.13. The van der Waals surface area contributed by atoms with Crippen LogP contribution in [-0.4, -0.2) is 18.5 Å². The molecule has 0 aliphatic carbocycles. The fourth-order valence-corrected chi connectivity index (χ4v) is 2.75. The van der Waals surface area contributed by atoms with Crippen LogP contribution >= 0.6 is 0 Å². The van der Waals surface area contributed by atoms with Crippen LogP contribution in [-0.2, 0) is 27.2 Å². The molecule has 2 aromatic carbocycles. The number of carbonyl (C=O) groups excluding carboxylic acids is 2. The molecule has 0 spiro atoms. The maximum atomic E-state index is 12.0. The number of anilines is 1. The van der Waals surface area contributed by atoms with Gasteiger partial charge >= 0.3 is 5.97 Å². The van der Waals surface area contributed by atoms with E-state index in [1.807, 2.05) is 50.2 Å². The van der Waals surface area contributed by atoms with E-state index in [1.54, 1.807) is 12.3 Å². The molecule has 5 heteroatoms. The summed E-state index contributed by atoms with van der Waals surface area (Å²) in [5.74, 6) is -0.829. The van der Waals surface area contributed by atoms with Crippen molar-refractivity contribution < 1.29 is 18.7 Å². The lowest BCUT2D eigenvalue weighted by Crippen LogP contribution is -2.21. The lowest BCUT2D eigenvalue weighted by molar-refractivity contribution is -0.146. The Morgan fingerprint density at radius 1 is 1.15 bits per heavy atom. The number of hydrogen-bond donors (Lipinski definition) is 1. The Balaban J connectivity index is 1.53. The van der Waals surface area contributed by atoms with Crippen LogP contribution in [0.2, 0.25) is 0 Å². The van der Waals surface area contributed by atoms with E-state index in [4.69, 9.17) is 9.15 Å². The van der Waals surface area contributed by atoms with Gasteiger partial charge in [-0.2, -0.15) is 0 Å². The molecule has 134 valence electrons. The van der Waals surface area contributed by atoms with Gasteiger partial charge in [-0.25, -0.2) is 0 Å². The molecule has 0 saturated heterocycles. The summed E-state index contributed by atoms with van der Waals surface area (Å²) in [6.45, 7) is 3.71. The number of amides is 1. The summed E-state index contributed by atoms with van der Waals surface area (Å²) in [6.07, 6.45) is 2.51. The van der Waals surface area contributed by atoms with Gasteiger partial charge in [0.15, 0.2) is 6.61 Å². The zero-order valence-electron chi connectivity index (χ0n) is 14.9. The fraction of sp³-hybridized carbons (Fsp3) is 0.238. The summed E-state index contributed by atoms with van der Waals surface area (Å²) >= 11 is 0. The van der Waals surface area contributed by atoms with Gasteiger partial charge in [0.1, 0.15) is 5.58 Å². The number of esters is 1. The minimum Gasteiger partial charge on any atom is -0.464 e. The number of benzene rings is 2. The van der Waals surface area contributed by atoms with Crippen LogP contribution < -0.4 is 5.32 Å². The molecule has 0 saturated carbocycles. The van der Waals surface area contributed by atoms with Crippen LogP contribution in [0.15, 0.2) is 53.1 Å². The second kappa shape index (κ2) is 7.87. The van der Waals surface area contributed by atoms with Gasteiger partial charge in [0.05, 0.1) is 12.7 Å². The van der Waals surface area contributed by atoms with Crippen molar-refractivity contribution in [3.63, 3.8) is 0 Å². The van der Waals surface area contributed by atoms with Crippen LogP contribution in [0, 0.1) is 6.92 Å². The van der Waals surface area contributed by atoms with Crippen LogP contribution in [0.5, 0.6) is 0 Å². The van der Waals surface area contributed by atoms with Gasteiger partial charge < -0.3 is 14.5 Å². The summed E-state index contributed by atoms with van der Waals surface area (Å²) in [5.41, 5.74) is 4.40. The van der Waals surface area contributed by atoms with E-state index in [1.165, 1.54) is 0 Å². The Kier molecular flexibility index (Phi) is 5.37. The zero-order valence-corrected chi connectivity index (χ0v) is 14.9. The number of hydrogen-bond acceptors (Lipinski definition) is 4. The Hall–Kier alpha value is -3.08. The Bertz CT molecular complexity index is 942. The van der Waals surface area contributed by atoms with Crippen molar-refractivity contribution in [1.29, 1.82) is 0 Å². The van der Waals surface area contributed by atoms with Crippen molar-refractivity contribution in [3.05, 3.63) is 65.4 Å². The highest BCUT2D eigenvalue weighted by molar-refractivity contribution is 5.93. The van der Waals surface area contributed by atoms with E-state index >= 15 is 0 Å². The molecule has 1 aromatic heterocycles. The molecule has 1 amide bonds. The normalized spacial score (nSPS) is 10.7. The van der Waals surface area contributed by atoms with Gasteiger partial charge in [0, 0.05) is 16.6 Å². The zero-order chi connectivity index (χ0) is 18.5. The number of ether oxygens (including phenoxy) is 1. The Morgan fingerprint density at radius 3 is 2.81 bits per heavy atom. The first-order chi connectivity index (χ1) is 12.5. The summed E-state index contributed by atoms with van der Waals surface area (Å²) in [6, 6.07) is 13.4. The first kappa shape index (κ1) is 17.7. The van der Waals surface area contributed by atoms with Crippen LogP contribution in [0.4, 0.5) is 5.69 Å². The molecule has 5 nitrogen and oxygen atoms in total. The molecule has 0 atom stereocenters. The van der Waals surface area contributed by atoms with Crippen molar-refractivity contribution >= 4 is 28.5 Å². The average molecular weight is 351 g/mol. The Morgan fingerprint density at radius 2 is 2.00 bits per heavy atom. The summed E-state index contributed by atoms with van der Waals surface area (Å²) in [4.78, 5) is 24.0. The van der Waals surface area contributed by atoms with Crippen molar-refractivity contribution in [2.75, 3.05) is 11.9 Å². The van der Waals surface area contributed by atoms with Crippen molar-refractivity contribution in [2.24, 2.45) is 0 Å². The highest BCUT2D eigenvalue weighted by atomic mass is 16.5. The summed E-state index contributed by atoms with van der Waals surface area (Å²) in [7, 11) is 0. The average Bonchev–Trinajstić information content (AvgIpc) is 3.02. The standard InChI is InChI=1S/C21H21NO4/c1-3-15-5-4-6-17(10-15)22-20(23)13-26-21(24)11-16-12-25-19-9-14(2)7-8-18(16)19/h4-10,12H,3,11,13H2,1-2H3,(H,22,23). The molecule has 1 N–H and O–H groups in total. The molecule has 0 unspecified atom stereocenters. The van der Waals surface area contributed by atoms with Crippen molar-refractivity contribution in [3.8, 4) is 0 Å². The number of rotatable bonds is 6. The van der Waals surface area contributed by atoms with Crippen molar-refractivity contribution in [2.45, 2.75) is 26.7 Å². The van der Waals surface area contributed by atoms with Gasteiger partial charge in [-0.15, -0.1) is 0 Å². The molecular weight excluding hydrogens is 330 g/mol. The molecule has 0 aliphatic heterocycles. The third kappa shape index (κ3) is 4.30. The molecule has 3 rings (SSSR count). The lowest BCUT2D eigenvalue weighted by Gasteiger charge is -2.07. The van der Waals surface area contributed by atoms with Gasteiger partial charge in [0.25, 0.3) is 5.91 Å². The third-order valence-corrected chi connectivity index (χ3v) is 4.13. The molecule has 0 bridgehead atoms. The first-order valence-electron chi connectivity index (χ1n) is 8.56. The van der Waals surface area contributed by atoms with Gasteiger partial charge in [-0.3, -0.25) is 9.59 Å². The number of furan rings is 1. The first-order valence-corrected chi connectivity index (χ1v) is 8.56. The van der Waals surface area contributed by atoms with E-state index < -0.39 is 5.97 Å². The molecule has 3 aromatic rings. The second-order valence-corrected chi connectivity index (χ2v) is 6.20. The maximum Gasteiger partial charge on any atom is 0.310 e. The lowest BCUT2D eigenvalue weighted by atomic mass is 10.1. The van der Waals surface area contributed by atoms with E-state index in [2.05, 4.69) is 5.32 Å². The van der Waals surface area contributed by atoms with E-state index in [0.29, 0.717) is 5.69 Å². The predicted octanol–water partition coefficient (Wildman–Crippen LogP) is 4.03. The van der Waals surface area contributed by atoms with Crippen LogP contribution in [0.3, 0.4) is 0 Å². The summed E-state index contributed by atoms with van der Waals surface area (Å²) in [5, 5.41) is 3.61. The number of nitrogens with one attached hydrogen (secondary N) is 1. The number of carbonyl (C=O) groups is 2. The summed E-state index contributed by atoms with van der Waals surface area (Å²) < 4.78 is 10.6. The number of fused-ring (bicyclic) bond motifs is 1. The quantitative estimate of drug-likeness (QED) is 0.681. The topological polar surface area (TPSA) is 68.5 Å². The molecular formula is C21H21NO4. The molecule has 0 radical (unpaired) electrons. The van der Waals surface area contributed by atoms with Crippen molar-refractivity contribution in [1.82, 2.24) is 0 Å². The van der Waals surface area contributed by atoms with E-state index in [9.17, 15) is 9.59 Å². The highest BCUT2D eigenvalue weighted by Crippen LogP contribution is 2.23.